The average Bonchev–Trinajstić information content (AvgIpc) is 2.66. The fourth-order valence-corrected chi connectivity index (χ4v) is 2.57. The van der Waals surface area contributed by atoms with E-state index in [-0.39, 0.29) is 18.1 Å². The van der Waals surface area contributed by atoms with Crippen LogP contribution in [0.3, 0.4) is 0 Å². The van der Waals surface area contributed by atoms with Gasteiger partial charge in [-0.25, -0.2) is 0 Å². The summed E-state index contributed by atoms with van der Waals surface area (Å²) in [5, 5.41) is 3.83. The van der Waals surface area contributed by atoms with Gasteiger partial charge in [-0.3, -0.25) is 4.79 Å². The minimum absolute atomic E-state index is 0.111. The maximum Gasteiger partial charge on any atom is 0.222 e. The Kier molecular flexibility index (Phi) is 5.61. The molecule has 0 aliphatic carbocycles. The third-order valence-electron chi connectivity index (χ3n) is 2.75. The zero-order valence-corrected chi connectivity index (χ0v) is 11.0. The Morgan fingerprint density at radius 3 is 2.80 bits per heavy atom. The topological polar surface area (TPSA) is 38.3 Å². The molecule has 1 heterocycles. The van der Waals surface area contributed by atoms with Crippen molar-refractivity contribution in [1.29, 1.82) is 0 Å². The van der Waals surface area contributed by atoms with E-state index in [1.165, 1.54) is 0 Å². The van der Waals surface area contributed by atoms with Crippen LogP contribution in [0.1, 0.15) is 33.1 Å². The first kappa shape index (κ1) is 13.0. The number of halogens is 1. The van der Waals surface area contributed by atoms with Crippen LogP contribution in [0, 0.1) is 5.92 Å². The predicted octanol–water partition coefficient (Wildman–Crippen LogP) is 2.09. The molecule has 3 nitrogen and oxygen atoms in total. The van der Waals surface area contributed by atoms with Crippen LogP contribution in [0.5, 0.6) is 0 Å². The molecule has 2 unspecified atom stereocenters. The molecule has 1 fully saturated rings. The summed E-state index contributed by atoms with van der Waals surface area (Å²) in [5.41, 5.74) is 0. The normalized spacial score (nSPS) is 23.1. The number of carbonyl (C=O) groups is 1. The molecule has 2 atom stereocenters. The highest BCUT2D eigenvalue weighted by molar-refractivity contribution is 9.09. The first-order valence-corrected chi connectivity index (χ1v) is 6.72. The van der Waals surface area contributed by atoms with Crippen LogP contribution in [0.25, 0.3) is 0 Å². The molecule has 0 aromatic heterocycles. The summed E-state index contributed by atoms with van der Waals surface area (Å²) in [6.07, 6.45) is 2.77. The molecule has 0 saturated carbocycles. The van der Waals surface area contributed by atoms with Crippen molar-refractivity contribution < 1.29 is 9.53 Å². The largest absolute Gasteiger partial charge is 0.378 e. The van der Waals surface area contributed by atoms with Crippen molar-refractivity contribution in [2.24, 2.45) is 5.92 Å². The Morgan fingerprint density at radius 1 is 1.60 bits per heavy atom. The highest BCUT2D eigenvalue weighted by atomic mass is 79.9. The van der Waals surface area contributed by atoms with E-state index in [1.807, 2.05) is 0 Å². The summed E-state index contributed by atoms with van der Waals surface area (Å²) >= 11 is 3.41. The van der Waals surface area contributed by atoms with Crippen molar-refractivity contribution in [2.75, 3.05) is 11.9 Å². The van der Waals surface area contributed by atoms with Crippen molar-refractivity contribution in [2.45, 2.75) is 45.3 Å². The molecule has 0 bridgehead atoms. The quantitative estimate of drug-likeness (QED) is 0.782. The molecule has 1 saturated heterocycles. The number of rotatable bonds is 5. The number of hydrogen-bond acceptors (Lipinski definition) is 2. The van der Waals surface area contributed by atoms with Crippen LogP contribution >= 0.6 is 15.9 Å². The summed E-state index contributed by atoms with van der Waals surface area (Å²) in [4.78, 5) is 11.7. The standard InChI is InChI=1S/C11H20BrNO2/c1-8(2)10(7-12)13-11(14)6-9-4-3-5-15-9/h8-10H,3-7H2,1-2H3,(H,13,14). The van der Waals surface area contributed by atoms with Gasteiger partial charge in [0.15, 0.2) is 0 Å². The maximum absolute atomic E-state index is 11.7. The summed E-state index contributed by atoms with van der Waals surface area (Å²) in [6, 6.07) is 0.221. The van der Waals surface area contributed by atoms with Crippen LogP contribution in [0.2, 0.25) is 0 Å². The van der Waals surface area contributed by atoms with Crippen molar-refractivity contribution in [1.82, 2.24) is 5.32 Å². The van der Waals surface area contributed by atoms with E-state index < -0.39 is 0 Å². The first-order valence-electron chi connectivity index (χ1n) is 5.60. The first-order chi connectivity index (χ1) is 7.13. The smallest absolute Gasteiger partial charge is 0.222 e. The molecular weight excluding hydrogens is 258 g/mol. The summed E-state index contributed by atoms with van der Waals surface area (Å²) in [7, 11) is 0. The number of hydrogen-bond donors (Lipinski definition) is 1. The fourth-order valence-electron chi connectivity index (χ4n) is 1.66. The van der Waals surface area contributed by atoms with Gasteiger partial charge in [0.25, 0.3) is 0 Å². The lowest BCUT2D eigenvalue weighted by molar-refractivity contribution is -0.124. The Labute approximate surface area is 100 Å². The van der Waals surface area contributed by atoms with Crippen molar-refractivity contribution in [3.8, 4) is 0 Å². The molecule has 0 spiro atoms. The second-order valence-corrected chi connectivity index (χ2v) is 5.06. The monoisotopic (exact) mass is 277 g/mol. The van der Waals surface area contributed by atoms with E-state index in [0.717, 1.165) is 24.8 Å². The van der Waals surface area contributed by atoms with Crippen LogP contribution in [-0.4, -0.2) is 30.0 Å². The van der Waals surface area contributed by atoms with Gasteiger partial charge in [0.05, 0.1) is 12.5 Å². The molecule has 1 aliphatic rings. The van der Waals surface area contributed by atoms with Crippen molar-refractivity contribution >= 4 is 21.8 Å². The van der Waals surface area contributed by atoms with Crippen LogP contribution < -0.4 is 5.32 Å². The van der Waals surface area contributed by atoms with E-state index in [1.54, 1.807) is 0 Å². The zero-order valence-electron chi connectivity index (χ0n) is 9.46. The lowest BCUT2D eigenvalue weighted by Crippen LogP contribution is -2.40. The Morgan fingerprint density at radius 2 is 2.33 bits per heavy atom. The number of ether oxygens (including phenoxy) is 1. The molecule has 0 aromatic rings. The second kappa shape index (κ2) is 6.48. The fraction of sp³-hybridized carbons (Fsp3) is 0.909. The highest BCUT2D eigenvalue weighted by Gasteiger charge is 2.21. The summed E-state index contributed by atoms with van der Waals surface area (Å²) in [6.45, 7) is 5.03. The molecule has 1 N–H and O–H groups in total. The molecule has 1 amide bonds. The van der Waals surface area contributed by atoms with Gasteiger partial charge in [0.1, 0.15) is 0 Å². The van der Waals surface area contributed by atoms with Gasteiger partial charge in [0.2, 0.25) is 5.91 Å². The summed E-state index contributed by atoms with van der Waals surface area (Å²) < 4.78 is 5.43. The predicted molar refractivity (Wildman–Crippen MR) is 64.2 cm³/mol. The zero-order chi connectivity index (χ0) is 11.3. The van der Waals surface area contributed by atoms with Gasteiger partial charge < -0.3 is 10.1 Å². The number of amides is 1. The SMILES string of the molecule is CC(C)C(CBr)NC(=O)CC1CCCO1. The molecule has 88 valence electrons. The van der Waals surface area contributed by atoms with Gasteiger partial charge in [-0.15, -0.1) is 0 Å². The number of alkyl halides is 1. The van der Waals surface area contributed by atoms with Gasteiger partial charge in [-0.1, -0.05) is 29.8 Å². The Bertz CT molecular complexity index is 203. The van der Waals surface area contributed by atoms with Crippen LogP contribution in [-0.2, 0) is 9.53 Å². The van der Waals surface area contributed by atoms with E-state index in [9.17, 15) is 4.79 Å². The molecule has 0 aromatic carbocycles. The molecule has 1 rings (SSSR count). The van der Waals surface area contributed by atoms with Gasteiger partial charge in [-0.2, -0.15) is 0 Å². The van der Waals surface area contributed by atoms with Crippen molar-refractivity contribution in [3.63, 3.8) is 0 Å². The third-order valence-corrected chi connectivity index (χ3v) is 3.45. The third kappa shape index (κ3) is 4.51. The Balaban J connectivity index is 2.27. The van der Waals surface area contributed by atoms with E-state index in [0.29, 0.717) is 12.3 Å². The number of carbonyl (C=O) groups excluding carboxylic acids is 1. The minimum Gasteiger partial charge on any atom is -0.378 e. The lowest BCUT2D eigenvalue weighted by atomic mass is 10.1. The molecule has 15 heavy (non-hydrogen) atoms. The Hall–Kier alpha value is -0.0900. The molecule has 1 aliphatic heterocycles. The minimum atomic E-state index is 0.111. The summed E-state index contributed by atoms with van der Waals surface area (Å²) in [5.74, 6) is 0.567. The van der Waals surface area contributed by atoms with E-state index >= 15 is 0 Å². The maximum atomic E-state index is 11.7. The van der Waals surface area contributed by atoms with E-state index in [4.69, 9.17) is 4.74 Å². The lowest BCUT2D eigenvalue weighted by Gasteiger charge is -2.20. The number of nitrogens with one attached hydrogen (secondary N) is 1. The highest BCUT2D eigenvalue weighted by Crippen LogP contribution is 2.15. The van der Waals surface area contributed by atoms with Gasteiger partial charge >= 0.3 is 0 Å². The van der Waals surface area contributed by atoms with Crippen LogP contribution in [0.15, 0.2) is 0 Å². The van der Waals surface area contributed by atoms with Crippen LogP contribution in [0.4, 0.5) is 0 Å². The molecule has 0 radical (unpaired) electrons. The van der Waals surface area contributed by atoms with E-state index in [2.05, 4.69) is 35.1 Å². The molecular formula is C11H20BrNO2. The van der Waals surface area contributed by atoms with Crippen molar-refractivity contribution in [3.05, 3.63) is 0 Å². The molecule has 4 heteroatoms. The van der Waals surface area contributed by atoms with Gasteiger partial charge in [0, 0.05) is 18.0 Å². The van der Waals surface area contributed by atoms with Gasteiger partial charge in [-0.05, 0) is 18.8 Å². The second-order valence-electron chi connectivity index (χ2n) is 4.41. The average molecular weight is 278 g/mol.